The van der Waals surface area contributed by atoms with Crippen molar-refractivity contribution in [3.8, 4) is 11.5 Å². The van der Waals surface area contributed by atoms with E-state index in [2.05, 4.69) is 5.32 Å². The second kappa shape index (κ2) is 5.40. The lowest BCUT2D eigenvalue weighted by Crippen LogP contribution is -2.34. The molecule has 6 heteroatoms. The zero-order chi connectivity index (χ0) is 13.9. The molecule has 2 amide bonds. The minimum Gasteiger partial charge on any atom is -0.486 e. The van der Waals surface area contributed by atoms with Gasteiger partial charge in [0.1, 0.15) is 13.2 Å². The lowest BCUT2D eigenvalue weighted by Gasteiger charge is -2.22. The van der Waals surface area contributed by atoms with Gasteiger partial charge in [0.25, 0.3) is 5.91 Å². The molecule has 0 radical (unpaired) electrons. The molecular formula is C14H16N2O4. The highest BCUT2D eigenvalue weighted by molar-refractivity contribution is 5.95. The van der Waals surface area contributed by atoms with Crippen LogP contribution in [0.1, 0.15) is 16.8 Å². The van der Waals surface area contributed by atoms with Gasteiger partial charge in [-0.2, -0.15) is 0 Å². The van der Waals surface area contributed by atoms with Gasteiger partial charge < -0.3 is 19.7 Å². The molecule has 1 aromatic carbocycles. The van der Waals surface area contributed by atoms with Crippen LogP contribution in [-0.2, 0) is 4.79 Å². The lowest BCUT2D eigenvalue weighted by molar-refractivity contribution is -0.120. The predicted molar refractivity (Wildman–Crippen MR) is 71.0 cm³/mol. The molecule has 1 aromatic rings. The minimum atomic E-state index is -0.0847. The summed E-state index contributed by atoms with van der Waals surface area (Å²) in [5.41, 5.74) is 0.559. The molecule has 2 aliphatic heterocycles. The van der Waals surface area contributed by atoms with E-state index >= 15 is 0 Å². The minimum absolute atomic E-state index is 0.0116. The first kappa shape index (κ1) is 12.8. The summed E-state index contributed by atoms with van der Waals surface area (Å²) in [5.74, 6) is 1.17. The fourth-order valence-electron chi connectivity index (χ4n) is 2.33. The van der Waals surface area contributed by atoms with Crippen LogP contribution in [0.4, 0.5) is 0 Å². The van der Waals surface area contributed by atoms with Crippen molar-refractivity contribution >= 4 is 11.8 Å². The summed E-state index contributed by atoms with van der Waals surface area (Å²) in [6, 6.07) is 5.19. The van der Waals surface area contributed by atoms with Crippen LogP contribution < -0.4 is 14.8 Å². The van der Waals surface area contributed by atoms with E-state index in [9.17, 15) is 9.59 Å². The molecule has 0 aromatic heterocycles. The summed E-state index contributed by atoms with van der Waals surface area (Å²) < 4.78 is 10.9. The molecule has 0 bridgehead atoms. The molecule has 6 nitrogen and oxygen atoms in total. The number of carbonyl (C=O) groups excluding carboxylic acids is 2. The molecule has 1 fully saturated rings. The number of benzene rings is 1. The van der Waals surface area contributed by atoms with Crippen LogP contribution in [0.15, 0.2) is 18.2 Å². The Morgan fingerprint density at radius 2 is 1.95 bits per heavy atom. The van der Waals surface area contributed by atoms with E-state index in [-0.39, 0.29) is 11.8 Å². The van der Waals surface area contributed by atoms with Gasteiger partial charge in [-0.3, -0.25) is 9.59 Å². The molecule has 0 spiro atoms. The van der Waals surface area contributed by atoms with Crippen molar-refractivity contribution in [2.45, 2.75) is 6.42 Å². The molecule has 0 aliphatic carbocycles. The molecular weight excluding hydrogens is 260 g/mol. The fourth-order valence-corrected chi connectivity index (χ4v) is 2.33. The Labute approximate surface area is 116 Å². The highest BCUT2D eigenvalue weighted by Gasteiger charge is 2.21. The van der Waals surface area contributed by atoms with E-state index in [1.54, 1.807) is 23.1 Å². The van der Waals surface area contributed by atoms with Crippen LogP contribution in [0.25, 0.3) is 0 Å². The molecule has 0 saturated carbocycles. The Bertz CT molecular complexity index is 544. The number of rotatable bonds is 1. The second-order valence-electron chi connectivity index (χ2n) is 4.75. The van der Waals surface area contributed by atoms with Crippen LogP contribution in [0, 0.1) is 0 Å². The SMILES string of the molecule is O=C1CCN(C(=O)c2ccc3c(c2)OCCO3)CCN1. The van der Waals surface area contributed by atoms with E-state index in [1.165, 1.54) is 0 Å². The first-order chi connectivity index (χ1) is 9.74. The third-order valence-electron chi connectivity index (χ3n) is 3.39. The summed E-state index contributed by atoms with van der Waals surface area (Å²) in [7, 11) is 0. The average Bonchev–Trinajstić information content (AvgIpc) is 2.71. The van der Waals surface area contributed by atoms with Crippen molar-refractivity contribution in [3.63, 3.8) is 0 Å². The summed E-state index contributed by atoms with van der Waals surface area (Å²) in [5, 5.41) is 2.75. The van der Waals surface area contributed by atoms with Gasteiger partial charge in [0, 0.05) is 31.6 Å². The molecule has 3 rings (SSSR count). The topological polar surface area (TPSA) is 67.9 Å². The van der Waals surface area contributed by atoms with Crippen LogP contribution in [0.2, 0.25) is 0 Å². The maximum atomic E-state index is 12.4. The van der Waals surface area contributed by atoms with Crippen LogP contribution in [-0.4, -0.2) is 49.6 Å². The zero-order valence-corrected chi connectivity index (χ0v) is 11.1. The van der Waals surface area contributed by atoms with Crippen molar-refractivity contribution in [2.75, 3.05) is 32.8 Å². The molecule has 1 N–H and O–H groups in total. The number of nitrogens with one attached hydrogen (secondary N) is 1. The van der Waals surface area contributed by atoms with Gasteiger partial charge in [0.05, 0.1) is 0 Å². The standard InChI is InChI=1S/C14H16N2O4/c17-13-3-5-16(6-4-15-13)14(18)10-1-2-11-12(9-10)20-8-7-19-11/h1-2,9H,3-8H2,(H,15,17). The van der Waals surface area contributed by atoms with E-state index in [1.807, 2.05) is 0 Å². The molecule has 1 saturated heterocycles. The van der Waals surface area contributed by atoms with Gasteiger partial charge in [-0.15, -0.1) is 0 Å². The summed E-state index contributed by atoms with van der Waals surface area (Å²) in [6.45, 7) is 2.49. The predicted octanol–water partition coefficient (Wildman–Crippen LogP) is 0.420. The maximum Gasteiger partial charge on any atom is 0.254 e. The molecule has 2 heterocycles. The van der Waals surface area contributed by atoms with Gasteiger partial charge in [-0.1, -0.05) is 0 Å². The van der Waals surface area contributed by atoms with Crippen LogP contribution in [0.5, 0.6) is 11.5 Å². The monoisotopic (exact) mass is 276 g/mol. The van der Waals surface area contributed by atoms with E-state index in [0.29, 0.717) is 56.3 Å². The smallest absolute Gasteiger partial charge is 0.254 e. The number of fused-ring (bicyclic) bond motifs is 1. The van der Waals surface area contributed by atoms with E-state index < -0.39 is 0 Å². The molecule has 0 atom stereocenters. The highest BCUT2D eigenvalue weighted by Crippen LogP contribution is 2.31. The molecule has 0 unspecified atom stereocenters. The Hall–Kier alpha value is -2.24. The molecule has 2 aliphatic rings. The van der Waals surface area contributed by atoms with Crippen molar-refractivity contribution < 1.29 is 19.1 Å². The van der Waals surface area contributed by atoms with Crippen molar-refractivity contribution in [3.05, 3.63) is 23.8 Å². The fraction of sp³-hybridized carbons (Fsp3) is 0.429. The summed E-state index contributed by atoms with van der Waals surface area (Å²) in [4.78, 5) is 25.4. The van der Waals surface area contributed by atoms with Gasteiger partial charge in [-0.05, 0) is 18.2 Å². The molecule has 20 heavy (non-hydrogen) atoms. The first-order valence-electron chi connectivity index (χ1n) is 6.70. The number of nitrogens with zero attached hydrogens (tertiary/aromatic N) is 1. The largest absolute Gasteiger partial charge is 0.486 e. The summed E-state index contributed by atoms with van der Waals surface area (Å²) >= 11 is 0. The van der Waals surface area contributed by atoms with Gasteiger partial charge >= 0.3 is 0 Å². The zero-order valence-electron chi connectivity index (χ0n) is 11.1. The van der Waals surface area contributed by atoms with Gasteiger partial charge in [0.2, 0.25) is 5.91 Å². The van der Waals surface area contributed by atoms with Crippen LogP contribution in [0.3, 0.4) is 0 Å². The Morgan fingerprint density at radius 3 is 2.80 bits per heavy atom. The van der Waals surface area contributed by atoms with E-state index in [4.69, 9.17) is 9.47 Å². The number of ether oxygens (including phenoxy) is 2. The van der Waals surface area contributed by atoms with Crippen molar-refractivity contribution in [2.24, 2.45) is 0 Å². The number of amides is 2. The third-order valence-corrected chi connectivity index (χ3v) is 3.39. The lowest BCUT2D eigenvalue weighted by atomic mass is 10.1. The second-order valence-corrected chi connectivity index (χ2v) is 4.75. The Morgan fingerprint density at radius 1 is 1.15 bits per heavy atom. The Kier molecular flexibility index (Phi) is 3.45. The first-order valence-corrected chi connectivity index (χ1v) is 6.70. The normalized spacial score (nSPS) is 18.2. The van der Waals surface area contributed by atoms with Gasteiger partial charge in [0.15, 0.2) is 11.5 Å². The van der Waals surface area contributed by atoms with Gasteiger partial charge in [-0.25, -0.2) is 0 Å². The average molecular weight is 276 g/mol. The quantitative estimate of drug-likeness (QED) is 0.807. The maximum absolute atomic E-state index is 12.4. The number of hydrogen-bond acceptors (Lipinski definition) is 4. The van der Waals surface area contributed by atoms with Crippen molar-refractivity contribution in [1.82, 2.24) is 10.2 Å². The summed E-state index contributed by atoms with van der Waals surface area (Å²) in [6.07, 6.45) is 0.344. The van der Waals surface area contributed by atoms with E-state index in [0.717, 1.165) is 0 Å². The number of carbonyl (C=O) groups is 2. The number of hydrogen-bond donors (Lipinski definition) is 1. The molecule has 106 valence electrons. The highest BCUT2D eigenvalue weighted by atomic mass is 16.6. The Balaban J connectivity index is 1.78. The third kappa shape index (κ3) is 2.54. The van der Waals surface area contributed by atoms with Crippen molar-refractivity contribution in [1.29, 1.82) is 0 Å². The van der Waals surface area contributed by atoms with Crippen LogP contribution >= 0.6 is 0 Å².